The second kappa shape index (κ2) is 3.64. The number of aliphatic carboxylic acids is 1. The van der Waals surface area contributed by atoms with Gasteiger partial charge in [0, 0.05) is 18.6 Å². The third-order valence-corrected chi connectivity index (χ3v) is 3.06. The summed E-state index contributed by atoms with van der Waals surface area (Å²) in [5.74, 6) is -0.739. The summed E-state index contributed by atoms with van der Waals surface area (Å²) in [6.45, 7) is 0.566. The van der Waals surface area contributed by atoms with Gasteiger partial charge < -0.3 is 10.4 Å². The van der Waals surface area contributed by atoms with Gasteiger partial charge in [-0.15, -0.1) is 0 Å². The summed E-state index contributed by atoms with van der Waals surface area (Å²) in [7, 11) is 0. The van der Waals surface area contributed by atoms with E-state index in [0.717, 1.165) is 6.42 Å². The van der Waals surface area contributed by atoms with Gasteiger partial charge >= 0.3 is 5.97 Å². The van der Waals surface area contributed by atoms with Crippen LogP contribution < -0.4 is 10.6 Å². The molecule has 1 saturated heterocycles. The normalized spacial score (nSPS) is 39.5. The molecule has 4 heteroatoms. The number of hydrogen-bond donors (Lipinski definition) is 3. The summed E-state index contributed by atoms with van der Waals surface area (Å²) in [5, 5.41) is 15.3. The Morgan fingerprint density at radius 3 is 2.62 bits per heavy atom. The van der Waals surface area contributed by atoms with Crippen molar-refractivity contribution in [2.75, 3.05) is 6.54 Å². The van der Waals surface area contributed by atoms with Crippen molar-refractivity contribution in [2.24, 2.45) is 0 Å². The first-order valence-electron chi connectivity index (χ1n) is 4.99. The molecule has 13 heavy (non-hydrogen) atoms. The number of fused-ring (bicyclic) bond motifs is 1. The van der Waals surface area contributed by atoms with Gasteiger partial charge in [-0.25, -0.2) is 0 Å². The van der Waals surface area contributed by atoms with Crippen LogP contribution in [-0.2, 0) is 4.79 Å². The fraction of sp³-hybridized carbons (Fsp3) is 0.889. The van der Waals surface area contributed by atoms with Gasteiger partial charge in [0.2, 0.25) is 0 Å². The van der Waals surface area contributed by atoms with Gasteiger partial charge in [0.1, 0.15) is 6.04 Å². The standard InChI is InChI=1S/C9H16N2O2/c12-9(13)8-5-10-6-3-1-2-4-7(6)11-8/h6-8,10-11H,1-5H2,(H,12,13). The molecule has 2 aliphatic rings. The number of hydrogen-bond acceptors (Lipinski definition) is 3. The van der Waals surface area contributed by atoms with E-state index in [0.29, 0.717) is 18.6 Å². The molecule has 1 saturated carbocycles. The number of carbonyl (C=O) groups is 1. The highest BCUT2D eigenvalue weighted by Crippen LogP contribution is 2.21. The zero-order valence-corrected chi connectivity index (χ0v) is 7.62. The molecule has 0 spiro atoms. The Hall–Kier alpha value is -0.610. The van der Waals surface area contributed by atoms with E-state index in [1.165, 1.54) is 19.3 Å². The lowest BCUT2D eigenvalue weighted by Gasteiger charge is -2.39. The molecule has 0 radical (unpaired) electrons. The van der Waals surface area contributed by atoms with E-state index in [9.17, 15) is 4.79 Å². The maximum absolute atomic E-state index is 10.7. The molecule has 0 bridgehead atoms. The van der Waals surface area contributed by atoms with Crippen molar-refractivity contribution < 1.29 is 9.90 Å². The average Bonchev–Trinajstić information content (AvgIpc) is 2.17. The lowest BCUT2D eigenvalue weighted by molar-refractivity contribution is -0.140. The van der Waals surface area contributed by atoms with Crippen molar-refractivity contribution in [3.05, 3.63) is 0 Å². The molecule has 2 fully saturated rings. The maximum atomic E-state index is 10.7. The van der Waals surface area contributed by atoms with E-state index < -0.39 is 5.97 Å². The first kappa shape index (κ1) is 8.97. The monoisotopic (exact) mass is 184 g/mol. The van der Waals surface area contributed by atoms with Crippen LogP contribution in [0.3, 0.4) is 0 Å². The van der Waals surface area contributed by atoms with Crippen LogP contribution in [-0.4, -0.2) is 35.7 Å². The second-order valence-corrected chi connectivity index (χ2v) is 3.96. The molecule has 3 atom stereocenters. The minimum Gasteiger partial charge on any atom is -0.480 e. The first-order valence-corrected chi connectivity index (χ1v) is 4.99. The average molecular weight is 184 g/mol. The van der Waals surface area contributed by atoms with Crippen LogP contribution in [0.2, 0.25) is 0 Å². The lowest BCUT2D eigenvalue weighted by atomic mass is 9.88. The van der Waals surface area contributed by atoms with Crippen molar-refractivity contribution >= 4 is 5.97 Å². The SMILES string of the molecule is O=C(O)C1CNC2CCCCC2N1. The van der Waals surface area contributed by atoms with Crippen molar-refractivity contribution in [1.82, 2.24) is 10.6 Å². The smallest absolute Gasteiger partial charge is 0.322 e. The summed E-state index contributed by atoms with van der Waals surface area (Å²) >= 11 is 0. The van der Waals surface area contributed by atoms with Gasteiger partial charge in [0.15, 0.2) is 0 Å². The third-order valence-electron chi connectivity index (χ3n) is 3.06. The summed E-state index contributed by atoms with van der Waals surface area (Å²) in [6.07, 6.45) is 4.79. The summed E-state index contributed by atoms with van der Waals surface area (Å²) < 4.78 is 0. The Morgan fingerprint density at radius 2 is 1.92 bits per heavy atom. The Labute approximate surface area is 77.7 Å². The molecule has 0 aromatic rings. The third kappa shape index (κ3) is 1.84. The van der Waals surface area contributed by atoms with Crippen LogP contribution >= 0.6 is 0 Å². The highest BCUT2D eigenvalue weighted by molar-refractivity contribution is 5.74. The van der Waals surface area contributed by atoms with Crippen LogP contribution in [0.15, 0.2) is 0 Å². The molecular formula is C9H16N2O2. The summed E-state index contributed by atoms with van der Waals surface area (Å²) in [5.41, 5.74) is 0. The van der Waals surface area contributed by atoms with Gasteiger partial charge in [-0.05, 0) is 12.8 Å². The number of piperazine rings is 1. The lowest BCUT2D eigenvalue weighted by Crippen LogP contribution is -2.63. The molecule has 1 heterocycles. The largest absolute Gasteiger partial charge is 0.480 e. The predicted molar refractivity (Wildman–Crippen MR) is 48.6 cm³/mol. The van der Waals surface area contributed by atoms with Gasteiger partial charge in [-0.3, -0.25) is 10.1 Å². The minimum atomic E-state index is -0.739. The van der Waals surface area contributed by atoms with Crippen LogP contribution in [0, 0.1) is 0 Å². The van der Waals surface area contributed by atoms with Crippen LogP contribution in [0.4, 0.5) is 0 Å². The van der Waals surface area contributed by atoms with Crippen LogP contribution in [0.25, 0.3) is 0 Å². The molecule has 0 amide bonds. The van der Waals surface area contributed by atoms with Gasteiger partial charge in [0.05, 0.1) is 0 Å². The van der Waals surface area contributed by atoms with E-state index in [4.69, 9.17) is 5.11 Å². The molecule has 4 nitrogen and oxygen atoms in total. The van der Waals surface area contributed by atoms with Crippen LogP contribution in [0.5, 0.6) is 0 Å². The van der Waals surface area contributed by atoms with E-state index in [1.807, 2.05) is 0 Å². The summed E-state index contributed by atoms with van der Waals surface area (Å²) in [6, 6.07) is 0.493. The zero-order valence-electron chi connectivity index (χ0n) is 7.62. The van der Waals surface area contributed by atoms with Crippen molar-refractivity contribution in [2.45, 2.75) is 43.8 Å². The highest BCUT2D eigenvalue weighted by atomic mass is 16.4. The molecule has 0 aromatic heterocycles. The Morgan fingerprint density at radius 1 is 1.23 bits per heavy atom. The Kier molecular flexibility index (Phi) is 2.51. The van der Waals surface area contributed by atoms with Gasteiger partial charge in [0.25, 0.3) is 0 Å². The van der Waals surface area contributed by atoms with Crippen LogP contribution in [0.1, 0.15) is 25.7 Å². The molecule has 1 aliphatic carbocycles. The molecular weight excluding hydrogens is 168 g/mol. The van der Waals surface area contributed by atoms with E-state index in [2.05, 4.69) is 10.6 Å². The quantitative estimate of drug-likeness (QED) is 0.534. The molecule has 74 valence electrons. The first-order chi connectivity index (χ1) is 6.27. The number of carboxylic acid groups (broad SMARTS) is 1. The molecule has 2 rings (SSSR count). The maximum Gasteiger partial charge on any atom is 0.322 e. The van der Waals surface area contributed by atoms with E-state index in [-0.39, 0.29) is 6.04 Å². The predicted octanol–water partition coefficient (Wildman–Crippen LogP) is -0.0564. The van der Waals surface area contributed by atoms with E-state index >= 15 is 0 Å². The highest BCUT2D eigenvalue weighted by Gasteiger charge is 2.33. The fourth-order valence-corrected chi connectivity index (χ4v) is 2.32. The van der Waals surface area contributed by atoms with Gasteiger partial charge in [-0.2, -0.15) is 0 Å². The van der Waals surface area contributed by atoms with Crippen molar-refractivity contribution in [1.29, 1.82) is 0 Å². The Bertz CT molecular complexity index is 208. The second-order valence-electron chi connectivity index (χ2n) is 3.96. The Balaban J connectivity index is 1.95. The van der Waals surface area contributed by atoms with Crippen molar-refractivity contribution in [3.8, 4) is 0 Å². The molecule has 0 aromatic carbocycles. The number of nitrogens with one attached hydrogen (secondary N) is 2. The van der Waals surface area contributed by atoms with Crippen molar-refractivity contribution in [3.63, 3.8) is 0 Å². The molecule has 3 N–H and O–H groups in total. The van der Waals surface area contributed by atoms with Gasteiger partial charge in [-0.1, -0.05) is 12.8 Å². The zero-order chi connectivity index (χ0) is 9.26. The number of rotatable bonds is 1. The minimum absolute atomic E-state index is 0.378. The van der Waals surface area contributed by atoms with E-state index in [1.54, 1.807) is 0 Å². The molecule has 1 aliphatic heterocycles. The molecule has 3 unspecified atom stereocenters. The topological polar surface area (TPSA) is 61.4 Å². The summed E-state index contributed by atoms with van der Waals surface area (Å²) in [4.78, 5) is 10.7. The fourth-order valence-electron chi connectivity index (χ4n) is 2.32. The number of carboxylic acids is 1.